The molecule has 1 aliphatic carbocycles. The van der Waals surface area contributed by atoms with Crippen molar-refractivity contribution >= 4 is 12.0 Å². The van der Waals surface area contributed by atoms with Gasteiger partial charge in [-0.3, -0.25) is 4.79 Å². The van der Waals surface area contributed by atoms with Gasteiger partial charge in [0.25, 0.3) is 0 Å². The SMILES string of the molecule is CCCCCC(=N)C1(CCOc2cc(OCc3ccccc3)c(C=O)c(-c3ccc(OC(C)C)cc3)c2)CCCCC1. The van der Waals surface area contributed by atoms with Crippen molar-refractivity contribution in [2.24, 2.45) is 5.41 Å². The van der Waals surface area contributed by atoms with Crippen molar-refractivity contribution in [3.8, 4) is 28.4 Å². The van der Waals surface area contributed by atoms with E-state index in [4.69, 9.17) is 19.6 Å². The van der Waals surface area contributed by atoms with Crippen LogP contribution in [-0.4, -0.2) is 24.7 Å². The van der Waals surface area contributed by atoms with E-state index in [1.165, 1.54) is 32.1 Å². The van der Waals surface area contributed by atoms with Crippen LogP contribution in [0.25, 0.3) is 11.1 Å². The second-order valence-electron chi connectivity index (χ2n) is 11.8. The maximum absolute atomic E-state index is 12.4. The summed E-state index contributed by atoms with van der Waals surface area (Å²) in [5.41, 5.74) is 4.03. The molecule has 224 valence electrons. The normalized spacial score (nSPS) is 14.4. The van der Waals surface area contributed by atoms with E-state index in [-0.39, 0.29) is 11.5 Å². The average Bonchev–Trinajstić information content (AvgIpc) is 3.01. The first kappa shape index (κ1) is 31.3. The molecule has 5 nitrogen and oxygen atoms in total. The van der Waals surface area contributed by atoms with E-state index in [1.807, 2.05) is 80.6 Å². The molecule has 3 aromatic rings. The lowest BCUT2D eigenvalue weighted by molar-refractivity contribution is 0.111. The van der Waals surface area contributed by atoms with Crippen molar-refractivity contribution in [2.45, 2.75) is 97.7 Å². The van der Waals surface area contributed by atoms with Gasteiger partial charge in [-0.15, -0.1) is 0 Å². The fraction of sp³-hybridized carbons (Fsp3) is 0.459. The molecule has 0 amide bonds. The molecule has 0 spiro atoms. The molecule has 0 bridgehead atoms. The minimum absolute atomic E-state index is 0.0591. The Labute approximate surface area is 252 Å². The summed E-state index contributed by atoms with van der Waals surface area (Å²) in [6.45, 7) is 7.09. The van der Waals surface area contributed by atoms with Crippen molar-refractivity contribution in [3.05, 3.63) is 77.9 Å². The summed E-state index contributed by atoms with van der Waals surface area (Å²) in [6.07, 6.45) is 11.9. The number of hydrogen-bond acceptors (Lipinski definition) is 5. The van der Waals surface area contributed by atoms with E-state index >= 15 is 0 Å². The van der Waals surface area contributed by atoms with Crippen molar-refractivity contribution in [1.82, 2.24) is 0 Å². The van der Waals surface area contributed by atoms with Gasteiger partial charge in [-0.05, 0) is 80.8 Å². The number of unbranched alkanes of at least 4 members (excludes halogenated alkanes) is 2. The smallest absolute Gasteiger partial charge is 0.154 e. The summed E-state index contributed by atoms with van der Waals surface area (Å²) in [5, 5.41) is 9.00. The molecule has 42 heavy (non-hydrogen) atoms. The van der Waals surface area contributed by atoms with Gasteiger partial charge in [-0.2, -0.15) is 0 Å². The summed E-state index contributed by atoms with van der Waals surface area (Å²) in [5.74, 6) is 1.96. The number of nitrogens with one attached hydrogen (secondary N) is 1. The van der Waals surface area contributed by atoms with Crippen molar-refractivity contribution < 1.29 is 19.0 Å². The monoisotopic (exact) mass is 569 g/mol. The molecule has 1 N–H and O–H groups in total. The summed E-state index contributed by atoms with van der Waals surface area (Å²) < 4.78 is 18.5. The van der Waals surface area contributed by atoms with Crippen molar-refractivity contribution in [3.63, 3.8) is 0 Å². The Hall–Kier alpha value is -3.60. The van der Waals surface area contributed by atoms with E-state index in [0.717, 1.165) is 66.5 Å². The largest absolute Gasteiger partial charge is 0.493 e. The molecule has 0 aliphatic heterocycles. The van der Waals surface area contributed by atoms with Crippen LogP contribution in [0.1, 0.15) is 101 Å². The zero-order valence-corrected chi connectivity index (χ0v) is 25.6. The second-order valence-corrected chi connectivity index (χ2v) is 11.8. The Kier molecular flexibility index (Phi) is 11.6. The maximum atomic E-state index is 12.4. The number of benzene rings is 3. The standard InChI is InChI=1S/C37H47NO4/c1-4-5-8-15-36(38)37(20-11-7-12-21-37)22-23-40-32-24-33(30-16-18-31(19-17-30)42-28(2)3)34(26-39)35(25-32)41-27-29-13-9-6-10-14-29/h6,9-10,13-14,16-19,24-26,28,38H,4-5,7-8,11-12,15,20-23,27H2,1-3H3. The molecule has 4 rings (SSSR count). The van der Waals surface area contributed by atoms with Crippen molar-refractivity contribution in [1.29, 1.82) is 5.41 Å². The van der Waals surface area contributed by atoms with Crippen LogP contribution in [0.15, 0.2) is 66.7 Å². The zero-order valence-electron chi connectivity index (χ0n) is 25.6. The van der Waals surface area contributed by atoms with E-state index in [9.17, 15) is 4.79 Å². The molecule has 0 radical (unpaired) electrons. The lowest BCUT2D eigenvalue weighted by atomic mass is 9.67. The van der Waals surface area contributed by atoms with Crippen LogP contribution in [0.3, 0.4) is 0 Å². The van der Waals surface area contributed by atoms with E-state index in [0.29, 0.717) is 30.3 Å². The third-order valence-electron chi connectivity index (χ3n) is 8.34. The zero-order chi connectivity index (χ0) is 29.8. The molecular formula is C37H47NO4. The highest BCUT2D eigenvalue weighted by molar-refractivity contribution is 5.92. The molecule has 0 saturated heterocycles. The summed E-state index contributed by atoms with van der Waals surface area (Å²) in [4.78, 5) is 12.4. The second kappa shape index (κ2) is 15.6. The fourth-order valence-corrected chi connectivity index (χ4v) is 6.00. The molecule has 0 atom stereocenters. The quantitative estimate of drug-likeness (QED) is 0.106. The molecule has 3 aromatic carbocycles. The van der Waals surface area contributed by atoms with E-state index in [2.05, 4.69) is 6.92 Å². The van der Waals surface area contributed by atoms with Crippen LogP contribution in [0.2, 0.25) is 0 Å². The first-order valence-corrected chi connectivity index (χ1v) is 15.7. The lowest BCUT2D eigenvalue weighted by Crippen LogP contribution is -2.34. The topological polar surface area (TPSA) is 68.6 Å². The predicted molar refractivity (Wildman–Crippen MR) is 171 cm³/mol. The molecule has 1 saturated carbocycles. The Balaban J connectivity index is 1.58. The first-order valence-electron chi connectivity index (χ1n) is 15.7. The summed E-state index contributed by atoms with van der Waals surface area (Å²) in [7, 11) is 0. The van der Waals surface area contributed by atoms with E-state index < -0.39 is 0 Å². The highest BCUT2D eigenvalue weighted by atomic mass is 16.5. The number of carbonyl (C=O) groups is 1. The van der Waals surface area contributed by atoms with Gasteiger partial charge >= 0.3 is 0 Å². The Morgan fingerprint density at radius 3 is 2.33 bits per heavy atom. The number of ether oxygens (including phenoxy) is 3. The lowest BCUT2D eigenvalue weighted by Gasteiger charge is -2.38. The van der Waals surface area contributed by atoms with Gasteiger partial charge in [0.15, 0.2) is 6.29 Å². The average molecular weight is 570 g/mol. The minimum Gasteiger partial charge on any atom is -0.493 e. The summed E-state index contributed by atoms with van der Waals surface area (Å²) in [6, 6.07) is 21.5. The fourth-order valence-electron chi connectivity index (χ4n) is 6.00. The minimum atomic E-state index is -0.0591. The molecule has 1 fully saturated rings. The first-order chi connectivity index (χ1) is 20.4. The highest BCUT2D eigenvalue weighted by Crippen LogP contribution is 2.42. The van der Waals surface area contributed by atoms with Gasteiger partial charge in [0.2, 0.25) is 0 Å². The third-order valence-corrected chi connectivity index (χ3v) is 8.34. The van der Waals surface area contributed by atoms with E-state index in [1.54, 1.807) is 0 Å². The van der Waals surface area contributed by atoms with Gasteiger partial charge in [0.1, 0.15) is 23.9 Å². The number of carbonyl (C=O) groups excluding carboxylic acids is 1. The van der Waals surface area contributed by atoms with Gasteiger partial charge in [-0.1, -0.05) is 81.5 Å². The third kappa shape index (κ3) is 8.47. The molecular weight excluding hydrogens is 522 g/mol. The predicted octanol–water partition coefficient (Wildman–Crippen LogP) is 9.85. The molecule has 1 aliphatic rings. The van der Waals surface area contributed by atoms with Crippen LogP contribution in [0, 0.1) is 10.8 Å². The number of rotatable bonds is 16. The molecule has 0 heterocycles. The number of hydrogen-bond donors (Lipinski definition) is 1. The van der Waals surface area contributed by atoms with Crippen LogP contribution in [0.4, 0.5) is 0 Å². The summed E-state index contributed by atoms with van der Waals surface area (Å²) >= 11 is 0. The Morgan fingerprint density at radius 2 is 1.67 bits per heavy atom. The maximum Gasteiger partial charge on any atom is 0.154 e. The molecule has 0 aromatic heterocycles. The van der Waals surface area contributed by atoms with Crippen molar-refractivity contribution in [2.75, 3.05) is 6.61 Å². The van der Waals surface area contributed by atoms with Gasteiger partial charge in [0.05, 0.1) is 18.3 Å². The number of aldehydes is 1. The van der Waals surface area contributed by atoms with Gasteiger partial charge in [-0.25, -0.2) is 0 Å². The van der Waals surface area contributed by atoms with Gasteiger partial charge in [0, 0.05) is 17.2 Å². The highest BCUT2D eigenvalue weighted by Gasteiger charge is 2.35. The Morgan fingerprint density at radius 1 is 0.929 bits per heavy atom. The van der Waals surface area contributed by atoms with Crippen LogP contribution < -0.4 is 14.2 Å². The van der Waals surface area contributed by atoms with Crippen LogP contribution in [-0.2, 0) is 6.61 Å². The van der Waals surface area contributed by atoms with Gasteiger partial charge < -0.3 is 19.6 Å². The van der Waals surface area contributed by atoms with Crippen LogP contribution >= 0.6 is 0 Å². The molecule has 0 unspecified atom stereocenters. The van der Waals surface area contributed by atoms with Crippen LogP contribution in [0.5, 0.6) is 17.2 Å². The molecule has 5 heteroatoms. The Bertz CT molecular complexity index is 1280.